The van der Waals surface area contributed by atoms with Gasteiger partial charge in [0.05, 0.1) is 24.1 Å². The number of fused-ring (bicyclic) bond motifs is 1. The number of anilines is 3. The average molecular weight is 847 g/mol. The molecule has 328 valence electrons. The third-order valence-corrected chi connectivity index (χ3v) is 12.4. The molecule has 8 rings (SSSR count). The van der Waals surface area contributed by atoms with Gasteiger partial charge in [-0.3, -0.25) is 0 Å². The van der Waals surface area contributed by atoms with Crippen molar-refractivity contribution >= 4 is 60.8 Å². The normalized spacial score (nSPS) is 14.3. The Hall–Kier alpha value is -6.36. The molecule has 1 aliphatic rings. The van der Waals surface area contributed by atoms with Gasteiger partial charge in [0.25, 0.3) is 0 Å². The van der Waals surface area contributed by atoms with Crippen molar-refractivity contribution in [2.24, 2.45) is 5.92 Å². The van der Waals surface area contributed by atoms with Crippen molar-refractivity contribution in [3.05, 3.63) is 198 Å². The summed E-state index contributed by atoms with van der Waals surface area (Å²) in [5, 5.41) is 7.34. The third-order valence-electron chi connectivity index (χ3n) is 12.4. The first-order valence-corrected chi connectivity index (χ1v) is 23.4. The van der Waals surface area contributed by atoms with Gasteiger partial charge in [-0.15, -0.1) is 13.2 Å². The molecule has 0 spiro atoms. The second kappa shape index (κ2) is 20.9. The van der Waals surface area contributed by atoms with Crippen molar-refractivity contribution in [2.75, 3.05) is 18.1 Å². The number of furan rings is 1. The predicted octanol–water partition coefficient (Wildman–Crippen LogP) is 16.1. The Kier molecular flexibility index (Phi) is 14.9. The Labute approximate surface area is 382 Å². The van der Waals surface area contributed by atoms with E-state index in [-0.39, 0.29) is 17.9 Å². The standard InChI is InChI=1S/C58H60N2O2.C2H6/c1-9-40(6)38-51(44-22-15-12-16-23-44)58-54(41(7)10-2)50-28-21-29-53(57(50)62-58)60(47-26-19-14-20-27-47)52-35-32-45-31-33-48(55-43(11-3)30-34-49(52)56(45)55)42(8)59(36-37-61-39(4)5)46-24-17-13-18-25-46;1-2/h9-10,12-17,19-24,26-35,38-41H,1-2,11,18,25,36-37H2,3-8H3;1-2H3/b48-42+,51-38-;. The van der Waals surface area contributed by atoms with Crippen LogP contribution >= 0.6 is 0 Å². The highest BCUT2D eigenvalue weighted by Crippen LogP contribution is 2.48. The molecule has 0 fully saturated rings. The van der Waals surface area contributed by atoms with Gasteiger partial charge in [0.1, 0.15) is 5.76 Å². The summed E-state index contributed by atoms with van der Waals surface area (Å²) in [6.45, 7) is 27.0. The SMILES string of the molecule is C=CC(C)/C=C(/c1ccccc1)c1oc2c(N(c3ccccc3)c3ccc4cc/c(=C(/C)N(CCOC(C)C)C5=CC=CCC5)c5c(CC)ccc3c45)cccc2c1C(C)C=C.CC. The summed E-state index contributed by atoms with van der Waals surface area (Å²) < 4.78 is 13.5. The van der Waals surface area contributed by atoms with Gasteiger partial charge < -0.3 is 19.0 Å². The van der Waals surface area contributed by atoms with Gasteiger partial charge in [-0.2, -0.15) is 0 Å². The van der Waals surface area contributed by atoms with Crippen LogP contribution < -0.4 is 10.1 Å². The topological polar surface area (TPSA) is 28.9 Å². The maximum absolute atomic E-state index is 7.31. The van der Waals surface area contributed by atoms with Gasteiger partial charge in [0.15, 0.2) is 5.58 Å². The smallest absolute Gasteiger partial charge is 0.159 e. The molecule has 6 aromatic carbocycles. The van der Waals surface area contributed by atoms with Gasteiger partial charge in [-0.1, -0.05) is 156 Å². The van der Waals surface area contributed by atoms with Crippen LogP contribution in [0.5, 0.6) is 0 Å². The van der Waals surface area contributed by atoms with Gasteiger partial charge in [-0.25, -0.2) is 0 Å². The minimum absolute atomic E-state index is 0.0305. The van der Waals surface area contributed by atoms with E-state index in [1.807, 2.05) is 26.0 Å². The first kappa shape index (κ1) is 45.7. The Bertz CT molecular complexity index is 2880. The number of para-hydroxylation sites is 2. The highest BCUT2D eigenvalue weighted by molar-refractivity contribution is 6.17. The van der Waals surface area contributed by atoms with Gasteiger partial charge in [0.2, 0.25) is 0 Å². The van der Waals surface area contributed by atoms with Gasteiger partial charge in [-0.05, 0) is 104 Å². The number of rotatable bonds is 16. The van der Waals surface area contributed by atoms with Crippen molar-refractivity contribution in [3.63, 3.8) is 0 Å². The number of aryl methyl sites for hydroxylation is 1. The maximum atomic E-state index is 7.31. The quantitative estimate of drug-likeness (QED) is 0.0906. The van der Waals surface area contributed by atoms with E-state index in [0.717, 1.165) is 76.3 Å². The van der Waals surface area contributed by atoms with Gasteiger partial charge in [0, 0.05) is 56.7 Å². The fraction of sp³-hybridized carbons (Fsp3) is 0.267. The van der Waals surface area contributed by atoms with E-state index in [0.29, 0.717) is 6.61 Å². The summed E-state index contributed by atoms with van der Waals surface area (Å²) in [5.41, 5.74) is 11.2. The van der Waals surface area contributed by atoms with Crippen LogP contribution in [0.1, 0.15) is 96.6 Å². The molecule has 1 aromatic heterocycles. The van der Waals surface area contributed by atoms with Gasteiger partial charge >= 0.3 is 0 Å². The molecule has 0 amide bonds. The van der Waals surface area contributed by atoms with E-state index < -0.39 is 0 Å². The molecule has 4 heteroatoms. The van der Waals surface area contributed by atoms with E-state index >= 15 is 0 Å². The molecule has 7 aromatic rings. The first-order chi connectivity index (χ1) is 31.2. The van der Waals surface area contributed by atoms with Crippen molar-refractivity contribution in [1.29, 1.82) is 0 Å². The monoisotopic (exact) mass is 847 g/mol. The van der Waals surface area contributed by atoms with Crippen LogP contribution in [0.25, 0.3) is 43.8 Å². The van der Waals surface area contributed by atoms with E-state index in [2.05, 4.69) is 204 Å². The second-order valence-corrected chi connectivity index (χ2v) is 16.8. The molecule has 0 radical (unpaired) electrons. The lowest BCUT2D eigenvalue weighted by molar-refractivity contribution is 0.0715. The third kappa shape index (κ3) is 9.16. The summed E-state index contributed by atoms with van der Waals surface area (Å²) in [6, 6.07) is 41.8. The van der Waals surface area contributed by atoms with Crippen LogP contribution in [0.15, 0.2) is 175 Å². The number of nitrogens with zero attached hydrogens (tertiary/aromatic N) is 2. The highest BCUT2D eigenvalue weighted by Gasteiger charge is 2.27. The Morgan fingerprint density at radius 1 is 0.781 bits per heavy atom. The summed E-state index contributed by atoms with van der Waals surface area (Å²) in [6.07, 6.45) is 16.2. The highest BCUT2D eigenvalue weighted by atomic mass is 16.5. The van der Waals surface area contributed by atoms with Crippen LogP contribution in [0, 0.1) is 5.92 Å². The Balaban J connectivity index is 0.00000302. The summed E-state index contributed by atoms with van der Waals surface area (Å²) in [4.78, 5) is 4.90. The summed E-state index contributed by atoms with van der Waals surface area (Å²) in [7, 11) is 0. The fourth-order valence-corrected chi connectivity index (χ4v) is 9.17. The number of allylic oxidation sites excluding steroid dienone is 7. The zero-order chi connectivity index (χ0) is 45.3. The lowest BCUT2D eigenvalue weighted by Gasteiger charge is -2.30. The molecule has 0 N–H and O–H groups in total. The van der Waals surface area contributed by atoms with E-state index in [4.69, 9.17) is 9.15 Å². The van der Waals surface area contributed by atoms with Crippen LogP contribution in [-0.2, 0) is 11.2 Å². The number of benzene rings is 6. The fourth-order valence-electron chi connectivity index (χ4n) is 9.17. The average Bonchev–Trinajstić information content (AvgIpc) is 3.74. The molecule has 0 bridgehead atoms. The largest absolute Gasteiger partial charge is 0.454 e. The molecular weight excluding hydrogens is 781 g/mol. The minimum Gasteiger partial charge on any atom is -0.454 e. The van der Waals surface area contributed by atoms with Crippen LogP contribution in [-0.4, -0.2) is 24.2 Å². The molecule has 0 aliphatic heterocycles. The van der Waals surface area contributed by atoms with Crippen molar-refractivity contribution in [2.45, 2.75) is 86.7 Å². The summed E-state index contributed by atoms with van der Waals surface area (Å²) >= 11 is 0. The lowest BCUT2D eigenvalue weighted by atomic mass is 9.90. The molecule has 0 saturated carbocycles. The van der Waals surface area contributed by atoms with E-state index in [1.54, 1.807) is 0 Å². The van der Waals surface area contributed by atoms with Crippen LogP contribution in [0.4, 0.5) is 17.1 Å². The number of hydrogen-bond donors (Lipinski definition) is 0. The number of ether oxygens (including phenoxy) is 1. The zero-order valence-electron chi connectivity index (χ0n) is 39.3. The molecule has 1 aliphatic carbocycles. The van der Waals surface area contributed by atoms with E-state index in [9.17, 15) is 0 Å². The summed E-state index contributed by atoms with van der Waals surface area (Å²) in [5.74, 6) is 1.02. The first-order valence-electron chi connectivity index (χ1n) is 23.4. The minimum atomic E-state index is 0.0305. The second-order valence-electron chi connectivity index (χ2n) is 16.8. The molecule has 64 heavy (non-hydrogen) atoms. The molecule has 2 unspecified atom stereocenters. The predicted molar refractivity (Wildman–Crippen MR) is 277 cm³/mol. The van der Waals surface area contributed by atoms with E-state index in [1.165, 1.54) is 43.7 Å². The molecule has 0 saturated heterocycles. The Morgan fingerprint density at radius 3 is 2.19 bits per heavy atom. The van der Waals surface area contributed by atoms with Crippen LogP contribution in [0.2, 0.25) is 0 Å². The molecular formula is C60H66N2O2. The maximum Gasteiger partial charge on any atom is 0.159 e. The number of hydrogen-bond acceptors (Lipinski definition) is 4. The lowest BCUT2D eigenvalue weighted by Crippen LogP contribution is -2.30. The molecule has 2 atom stereocenters. The van der Waals surface area contributed by atoms with Crippen LogP contribution in [0.3, 0.4) is 0 Å². The molecule has 1 heterocycles. The van der Waals surface area contributed by atoms with Crippen molar-refractivity contribution in [1.82, 2.24) is 4.90 Å². The van der Waals surface area contributed by atoms with Crippen molar-refractivity contribution in [3.8, 4) is 0 Å². The molecule has 4 nitrogen and oxygen atoms in total. The Morgan fingerprint density at radius 2 is 1.52 bits per heavy atom. The zero-order valence-corrected chi connectivity index (χ0v) is 39.3. The van der Waals surface area contributed by atoms with Crippen molar-refractivity contribution < 1.29 is 9.15 Å².